The number of hydrogen-bond donors (Lipinski definition) is 0. The monoisotopic (exact) mass is 205 g/mol. The van der Waals surface area contributed by atoms with Crippen LogP contribution in [0.5, 0.6) is 0 Å². The van der Waals surface area contributed by atoms with E-state index in [1.807, 2.05) is 27.1 Å². The van der Waals surface area contributed by atoms with Crippen molar-refractivity contribution in [3.8, 4) is 6.07 Å². The maximum atomic E-state index is 8.88. The average molecular weight is 205 g/mol. The van der Waals surface area contributed by atoms with Crippen molar-refractivity contribution in [3.63, 3.8) is 0 Å². The Hall–Kier alpha value is -1.30. The molecule has 1 aromatic rings. The average Bonchev–Trinajstić information content (AvgIpc) is 2.49. The Morgan fingerprint density at radius 1 is 1.47 bits per heavy atom. The van der Waals surface area contributed by atoms with E-state index in [4.69, 9.17) is 5.26 Å². The Kier molecular flexibility index (Phi) is 3.52. The van der Waals surface area contributed by atoms with Crippen LogP contribution >= 0.6 is 0 Å². The number of aryl methyl sites for hydroxylation is 2. The zero-order chi connectivity index (χ0) is 11.5. The van der Waals surface area contributed by atoms with E-state index in [2.05, 4.69) is 22.5 Å². The maximum Gasteiger partial charge on any atom is 0.0951 e. The van der Waals surface area contributed by atoms with Gasteiger partial charge in [0, 0.05) is 12.2 Å². The molecule has 1 aromatic heterocycles. The molecular formula is C12H19N3. The molecule has 15 heavy (non-hydrogen) atoms. The molecule has 1 rings (SSSR count). The van der Waals surface area contributed by atoms with E-state index in [0.29, 0.717) is 0 Å². The van der Waals surface area contributed by atoms with Gasteiger partial charge in [-0.05, 0) is 40.5 Å². The van der Waals surface area contributed by atoms with E-state index in [1.54, 1.807) is 0 Å². The van der Waals surface area contributed by atoms with Crippen LogP contribution < -0.4 is 0 Å². The smallest absolute Gasteiger partial charge is 0.0951 e. The van der Waals surface area contributed by atoms with E-state index >= 15 is 0 Å². The summed E-state index contributed by atoms with van der Waals surface area (Å²) in [4.78, 5) is 4.25. The standard InChI is InChI=1S/C12H19N3/c1-10-11(2)15(9-14-10)7-5-6-12(3,4)8-13/h9H,5-7H2,1-4H3. The zero-order valence-electron chi connectivity index (χ0n) is 10.0. The topological polar surface area (TPSA) is 41.6 Å². The van der Waals surface area contributed by atoms with Gasteiger partial charge in [0.25, 0.3) is 0 Å². The van der Waals surface area contributed by atoms with E-state index in [-0.39, 0.29) is 5.41 Å². The first-order valence-electron chi connectivity index (χ1n) is 5.36. The lowest BCUT2D eigenvalue weighted by Crippen LogP contribution is -2.09. The van der Waals surface area contributed by atoms with Crippen LogP contribution in [0.1, 0.15) is 38.1 Å². The van der Waals surface area contributed by atoms with Gasteiger partial charge in [-0.3, -0.25) is 0 Å². The number of imidazole rings is 1. The number of nitrogens with zero attached hydrogens (tertiary/aromatic N) is 3. The second-order valence-electron chi connectivity index (χ2n) is 4.71. The van der Waals surface area contributed by atoms with Gasteiger partial charge in [-0.25, -0.2) is 4.98 Å². The Bertz CT molecular complexity index is 369. The highest BCUT2D eigenvalue weighted by atomic mass is 15.0. The fourth-order valence-electron chi connectivity index (χ4n) is 1.52. The van der Waals surface area contributed by atoms with E-state index in [9.17, 15) is 0 Å². The van der Waals surface area contributed by atoms with Crippen molar-refractivity contribution in [1.29, 1.82) is 5.26 Å². The minimum absolute atomic E-state index is 0.205. The van der Waals surface area contributed by atoms with Gasteiger partial charge in [-0.1, -0.05) is 0 Å². The lowest BCUT2D eigenvalue weighted by molar-refractivity contribution is 0.414. The van der Waals surface area contributed by atoms with Crippen LogP contribution in [-0.2, 0) is 6.54 Å². The summed E-state index contributed by atoms with van der Waals surface area (Å²) < 4.78 is 2.16. The molecule has 0 aliphatic heterocycles. The van der Waals surface area contributed by atoms with Crippen LogP contribution in [0.3, 0.4) is 0 Å². The molecule has 0 unspecified atom stereocenters. The Labute approximate surface area is 91.7 Å². The van der Waals surface area contributed by atoms with Gasteiger partial charge in [0.2, 0.25) is 0 Å². The lowest BCUT2D eigenvalue weighted by atomic mass is 9.90. The second-order valence-corrected chi connectivity index (χ2v) is 4.71. The maximum absolute atomic E-state index is 8.88. The van der Waals surface area contributed by atoms with Crippen molar-refractivity contribution >= 4 is 0 Å². The molecule has 0 amide bonds. The molecule has 0 spiro atoms. The number of nitriles is 1. The van der Waals surface area contributed by atoms with Gasteiger partial charge < -0.3 is 4.57 Å². The van der Waals surface area contributed by atoms with Crippen LogP contribution in [-0.4, -0.2) is 9.55 Å². The highest BCUT2D eigenvalue weighted by Gasteiger charge is 2.15. The predicted molar refractivity (Wildman–Crippen MR) is 60.3 cm³/mol. The summed E-state index contributed by atoms with van der Waals surface area (Å²) >= 11 is 0. The van der Waals surface area contributed by atoms with E-state index < -0.39 is 0 Å². The van der Waals surface area contributed by atoms with Crippen molar-refractivity contribution in [1.82, 2.24) is 9.55 Å². The highest BCUT2D eigenvalue weighted by Crippen LogP contribution is 2.21. The van der Waals surface area contributed by atoms with Crippen LogP contribution in [0.15, 0.2) is 6.33 Å². The SMILES string of the molecule is Cc1ncn(CCCC(C)(C)C#N)c1C. The van der Waals surface area contributed by atoms with Crippen LogP contribution in [0, 0.1) is 30.6 Å². The molecule has 0 N–H and O–H groups in total. The van der Waals surface area contributed by atoms with Crippen molar-refractivity contribution in [2.24, 2.45) is 5.41 Å². The summed E-state index contributed by atoms with van der Waals surface area (Å²) in [7, 11) is 0. The predicted octanol–water partition coefficient (Wildman–Crippen LogP) is 2.83. The number of hydrogen-bond acceptors (Lipinski definition) is 2. The van der Waals surface area contributed by atoms with Crippen LogP contribution in [0.25, 0.3) is 0 Å². The third-order valence-corrected chi connectivity index (χ3v) is 2.85. The molecule has 0 bridgehead atoms. The Morgan fingerprint density at radius 3 is 2.60 bits per heavy atom. The Balaban J connectivity index is 2.46. The van der Waals surface area contributed by atoms with Gasteiger partial charge in [-0.2, -0.15) is 5.26 Å². The molecule has 82 valence electrons. The minimum Gasteiger partial charge on any atom is -0.335 e. The molecule has 0 fully saturated rings. The molecule has 0 radical (unpaired) electrons. The summed E-state index contributed by atoms with van der Waals surface area (Å²) in [5.41, 5.74) is 2.11. The van der Waals surface area contributed by atoms with Gasteiger partial charge in [0.15, 0.2) is 0 Å². The van der Waals surface area contributed by atoms with Gasteiger partial charge in [0.05, 0.1) is 23.5 Å². The molecule has 0 aliphatic rings. The summed E-state index contributed by atoms with van der Waals surface area (Å²) in [6.07, 6.45) is 3.83. The summed E-state index contributed by atoms with van der Waals surface area (Å²) in [6, 6.07) is 2.32. The van der Waals surface area contributed by atoms with Crippen molar-refractivity contribution in [2.75, 3.05) is 0 Å². The first-order chi connectivity index (χ1) is 6.96. The zero-order valence-corrected chi connectivity index (χ0v) is 10.0. The van der Waals surface area contributed by atoms with Gasteiger partial charge in [0.1, 0.15) is 0 Å². The molecule has 3 nitrogen and oxygen atoms in total. The van der Waals surface area contributed by atoms with Gasteiger partial charge in [-0.15, -0.1) is 0 Å². The van der Waals surface area contributed by atoms with Crippen molar-refractivity contribution in [3.05, 3.63) is 17.7 Å². The van der Waals surface area contributed by atoms with E-state index in [0.717, 1.165) is 25.1 Å². The third kappa shape index (κ3) is 3.09. The van der Waals surface area contributed by atoms with Crippen molar-refractivity contribution in [2.45, 2.75) is 47.1 Å². The summed E-state index contributed by atoms with van der Waals surface area (Å²) in [5.74, 6) is 0. The minimum atomic E-state index is -0.205. The third-order valence-electron chi connectivity index (χ3n) is 2.85. The molecule has 3 heteroatoms. The molecule has 0 aliphatic carbocycles. The summed E-state index contributed by atoms with van der Waals surface area (Å²) in [6.45, 7) is 9.03. The normalized spacial score (nSPS) is 11.4. The molecule has 0 saturated carbocycles. The molecular weight excluding hydrogens is 186 g/mol. The van der Waals surface area contributed by atoms with Crippen LogP contribution in [0.4, 0.5) is 0 Å². The molecule has 1 heterocycles. The lowest BCUT2D eigenvalue weighted by Gasteiger charge is -2.15. The second kappa shape index (κ2) is 4.48. The highest BCUT2D eigenvalue weighted by molar-refractivity contribution is 5.08. The van der Waals surface area contributed by atoms with Gasteiger partial charge >= 0.3 is 0 Å². The number of rotatable bonds is 4. The molecule has 0 saturated heterocycles. The van der Waals surface area contributed by atoms with Crippen LogP contribution in [0.2, 0.25) is 0 Å². The first kappa shape index (κ1) is 11.8. The largest absolute Gasteiger partial charge is 0.335 e. The fourth-order valence-corrected chi connectivity index (χ4v) is 1.52. The molecule has 0 atom stereocenters. The quantitative estimate of drug-likeness (QED) is 0.758. The number of aromatic nitrogens is 2. The van der Waals surface area contributed by atoms with Crippen molar-refractivity contribution < 1.29 is 0 Å². The van der Waals surface area contributed by atoms with E-state index in [1.165, 1.54) is 5.69 Å². The fraction of sp³-hybridized carbons (Fsp3) is 0.667. The first-order valence-corrected chi connectivity index (χ1v) is 5.36. The molecule has 0 aromatic carbocycles. The Morgan fingerprint density at radius 2 is 2.13 bits per heavy atom. The summed E-state index contributed by atoms with van der Waals surface area (Å²) in [5, 5.41) is 8.88.